The molecule has 0 spiro atoms. The van der Waals surface area contributed by atoms with Crippen molar-refractivity contribution in [2.75, 3.05) is 4.90 Å². The summed E-state index contributed by atoms with van der Waals surface area (Å²) in [5.41, 5.74) is 13.6. The molecule has 0 saturated carbocycles. The summed E-state index contributed by atoms with van der Waals surface area (Å²) >= 11 is 0. The van der Waals surface area contributed by atoms with Crippen LogP contribution in [0, 0.1) is 0 Å². The highest BCUT2D eigenvalue weighted by Crippen LogP contribution is 2.48. The Kier molecular flexibility index (Phi) is 7.17. The van der Waals surface area contributed by atoms with Crippen LogP contribution in [-0.4, -0.2) is 0 Å². The minimum atomic E-state index is 0.852. The van der Waals surface area contributed by atoms with Crippen LogP contribution >= 0.6 is 0 Å². The Morgan fingerprint density at radius 3 is 1.71 bits per heavy atom. The number of benzene rings is 9. The van der Waals surface area contributed by atoms with E-state index in [1.165, 1.54) is 22.1 Å². The van der Waals surface area contributed by atoms with Gasteiger partial charge < -0.3 is 13.7 Å². The first-order chi connectivity index (χ1) is 27.3. The minimum absolute atomic E-state index is 0.852. The summed E-state index contributed by atoms with van der Waals surface area (Å²) < 4.78 is 13.0. The van der Waals surface area contributed by atoms with Gasteiger partial charge in [-0.3, -0.25) is 0 Å². The molecule has 55 heavy (non-hydrogen) atoms. The lowest BCUT2D eigenvalue weighted by Gasteiger charge is -2.29. The third kappa shape index (κ3) is 5.20. The fraction of sp³-hybridized carbons (Fsp3) is 0. The molecule has 9 aromatic carbocycles. The van der Waals surface area contributed by atoms with Crippen molar-refractivity contribution >= 4 is 71.7 Å². The molecule has 0 saturated heterocycles. The first-order valence-corrected chi connectivity index (χ1v) is 18.7. The molecule has 3 nitrogen and oxygen atoms in total. The van der Waals surface area contributed by atoms with E-state index >= 15 is 0 Å². The number of rotatable bonds is 6. The van der Waals surface area contributed by atoms with Gasteiger partial charge in [0.15, 0.2) is 0 Å². The van der Waals surface area contributed by atoms with Gasteiger partial charge in [-0.15, -0.1) is 0 Å². The maximum atomic E-state index is 6.55. The van der Waals surface area contributed by atoms with Crippen LogP contribution in [0.1, 0.15) is 0 Å². The lowest BCUT2D eigenvalue weighted by molar-refractivity contribution is 0.669. The van der Waals surface area contributed by atoms with Crippen molar-refractivity contribution in [3.05, 3.63) is 200 Å². The Morgan fingerprint density at radius 1 is 0.309 bits per heavy atom. The van der Waals surface area contributed by atoms with Gasteiger partial charge in [0, 0.05) is 27.4 Å². The van der Waals surface area contributed by atoms with E-state index in [1.807, 2.05) is 12.1 Å². The van der Waals surface area contributed by atoms with Crippen LogP contribution in [0.25, 0.3) is 88.0 Å². The smallest absolute Gasteiger partial charge is 0.137 e. The zero-order chi connectivity index (χ0) is 36.3. The van der Waals surface area contributed by atoms with Crippen molar-refractivity contribution in [2.45, 2.75) is 0 Å². The van der Waals surface area contributed by atoms with Crippen molar-refractivity contribution < 1.29 is 8.83 Å². The number of hydrogen-bond donors (Lipinski definition) is 0. The fourth-order valence-corrected chi connectivity index (χ4v) is 8.29. The Bertz CT molecular complexity index is 3210. The molecule has 11 rings (SSSR count). The van der Waals surface area contributed by atoms with E-state index in [2.05, 4.69) is 193 Å². The Morgan fingerprint density at radius 2 is 0.873 bits per heavy atom. The zero-order valence-corrected chi connectivity index (χ0v) is 29.8. The van der Waals surface area contributed by atoms with E-state index in [0.717, 1.165) is 83.0 Å². The maximum Gasteiger partial charge on any atom is 0.137 e. The molecule has 0 aliphatic carbocycles. The highest BCUT2D eigenvalue weighted by Gasteiger charge is 2.23. The van der Waals surface area contributed by atoms with Crippen molar-refractivity contribution in [2.24, 2.45) is 0 Å². The van der Waals surface area contributed by atoms with Crippen LogP contribution in [0.2, 0.25) is 0 Å². The number of furan rings is 2. The summed E-state index contributed by atoms with van der Waals surface area (Å²) in [4.78, 5) is 2.39. The van der Waals surface area contributed by atoms with Gasteiger partial charge in [0.05, 0.1) is 16.8 Å². The van der Waals surface area contributed by atoms with Crippen LogP contribution < -0.4 is 4.90 Å². The largest absolute Gasteiger partial charge is 0.456 e. The molecule has 0 aliphatic rings. The first kappa shape index (κ1) is 31.2. The molecule has 258 valence electrons. The SMILES string of the molecule is c1ccc(-c2cccc(-c3ccc(N(c4ccccc4-c4cccc5oc6cc7ccccc7cc6c45)c4cccc5oc6ccccc6c45)cc3)c2)cc1. The number of hydrogen-bond acceptors (Lipinski definition) is 3. The second kappa shape index (κ2) is 12.6. The monoisotopic (exact) mass is 703 g/mol. The predicted molar refractivity (Wildman–Crippen MR) is 229 cm³/mol. The van der Waals surface area contributed by atoms with Gasteiger partial charge in [0.1, 0.15) is 22.3 Å². The Hall–Kier alpha value is -7.36. The molecule has 0 radical (unpaired) electrons. The quantitative estimate of drug-likeness (QED) is 0.173. The van der Waals surface area contributed by atoms with Gasteiger partial charge in [0.25, 0.3) is 0 Å². The second-order valence-electron chi connectivity index (χ2n) is 14.1. The zero-order valence-electron chi connectivity index (χ0n) is 29.8. The summed E-state index contributed by atoms with van der Waals surface area (Å²) in [7, 11) is 0. The van der Waals surface area contributed by atoms with Gasteiger partial charge >= 0.3 is 0 Å². The molecule has 0 aliphatic heterocycles. The third-order valence-corrected chi connectivity index (χ3v) is 10.8. The minimum Gasteiger partial charge on any atom is -0.456 e. The third-order valence-electron chi connectivity index (χ3n) is 10.8. The predicted octanol–water partition coefficient (Wildman–Crippen LogP) is 15.1. The molecular formula is C52H33NO2. The topological polar surface area (TPSA) is 29.5 Å². The summed E-state index contributed by atoms with van der Waals surface area (Å²) in [6.07, 6.45) is 0. The Balaban J connectivity index is 1.13. The van der Waals surface area contributed by atoms with E-state index in [-0.39, 0.29) is 0 Å². The van der Waals surface area contributed by atoms with Crippen LogP contribution in [0.3, 0.4) is 0 Å². The highest BCUT2D eigenvalue weighted by atomic mass is 16.3. The average molecular weight is 704 g/mol. The summed E-state index contributed by atoms with van der Waals surface area (Å²) in [5.74, 6) is 0. The standard InChI is InChI=1S/C52H33NO2/c1-2-13-34(14-3-1)36-17-10-18-37(31-36)35-27-29-40(30-28-35)53(46-23-12-26-49-52(46)43-20-7-9-24-47(43)54-49)45-22-8-6-19-41(45)42-21-11-25-48-51(42)44-32-38-15-4-5-16-39(38)33-50(44)55-48/h1-33H. The van der Waals surface area contributed by atoms with Crippen LogP contribution in [-0.2, 0) is 0 Å². The molecule has 0 atom stereocenters. The summed E-state index contributed by atoms with van der Waals surface area (Å²) in [6, 6.07) is 71.0. The number of para-hydroxylation sites is 2. The van der Waals surface area contributed by atoms with E-state index in [0.29, 0.717) is 0 Å². The van der Waals surface area contributed by atoms with Crippen molar-refractivity contribution in [3.8, 4) is 33.4 Å². The van der Waals surface area contributed by atoms with Crippen LogP contribution in [0.4, 0.5) is 17.1 Å². The van der Waals surface area contributed by atoms with E-state index in [4.69, 9.17) is 8.83 Å². The molecule has 0 fully saturated rings. The van der Waals surface area contributed by atoms with Gasteiger partial charge in [-0.2, -0.15) is 0 Å². The molecule has 11 aromatic rings. The molecule has 0 bridgehead atoms. The lowest BCUT2D eigenvalue weighted by Crippen LogP contribution is -2.11. The number of fused-ring (bicyclic) bond motifs is 7. The van der Waals surface area contributed by atoms with E-state index < -0.39 is 0 Å². The average Bonchev–Trinajstić information content (AvgIpc) is 3.82. The van der Waals surface area contributed by atoms with Crippen LogP contribution in [0.5, 0.6) is 0 Å². The Labute approximate surface area is 317 Å². The first-order valence-electron chi connectivity index (χ1n) is 18.7. The van der Waals surface area contributed by atoms with Crippen molar-refractivity contribution in [1.29, 1.82) is 0 Å². The maximum absolute atomic E-state index is 6.55. The van der Waals surface area contributed by atoms with Crippen molar-refractivity contribution in [3.63, 3.8) is 0 Å². The molecule has 2 aromatic heterocycles. The van der Waals surface area contributed by atoms with Gasteiger partial charge in [0.2, 0.25) is 0 Å². The van der Waals surface area contributed by atoms with Gasteiger partial charge in [-0.1, -0.05) is 140 Å². The summed E-state index contributed by atoms with van der Waals surface area (Å²) in [5, 5.41) is 6.73. The molecule has 3 heteroatoms. The lowest BCUT2D eigenvalue weighted by atomic mass is 9.95. The molecule has 0 N–H and O–H groups in total. The molecular weight excluding hydrogens is 671 g/mol. The normalized spacial score (nSPS) is 11.6. The van der Waals surface area contributed by atoms with Crippen LogP contribution in [0.15, 0.2) is 209 Å². The fourth-order valence-electron chi connectivity index (χ4n) is 8.29. The number of anilines is 3. The van der Waals surface area contributed by atoms with Gasteiger partial charge in [-0.05, 0) is 99.3 Å². The highest BCUT2D eigenvalue weighted by molar-refractivity contribution is 6.18. The van der Waals surface area contributed by atoms with E-state index in [9.17, 15) is 0 Å². The molecule has 0 amide bonds. The second-order valence-corrected chi connectivity index (χ2v) is 14.1. The van der Waals surface area contributed by atoms with Gasteiger partial charge in [-0.25, -0.2) is 0 Å². The molecule has 2 heterocycles. The van der Waals surface area contributed by atoms with Crippen molar-refractivity contribution in [1.82, 2.24) is 0 Å². The molecule has 0 unspecified atom stereocenters. The summed E-state index contributed by atoms with van der Waals surface area (Å²) in [6.45, 7) is 0. The van der Waals surface area contributed by atoms with E-state index in [1.54, 1.807) is 0 Å². The number of nitrogens with zero attached hydrogens (tertiary/aromatic N) is 1.